The van der Waals surface area contributed by atoms with Gasteiger partial charge < -0.3 is 28.8 Å². The highest BCUT2D eigenvalue weighted by atomic mass is 35.5. The maximum absolute atomic E-state index is 11.8. The fourth-order valence-electron chi connectivity index (χ4n) is 7.13. The summed E-state index contributed by atoms with van der Waals surface area (Å²) < 4.78 is 33.2. The van der Waals surface area contributed by atoms with Gasteiger partial charge in [-0.05, 0) is 72.7 Å². The van der Waals surface area contributed by atoms with Gasteiger partial charge in [-0.3, -0.25) is 0 Å². The minimum atomic E-state index is -1.32. The fourth-order valence-corrected chi connectivity index (χ4v) is 7.32. The summed E-state index contributed by atoms with van der Waals surface area (Å²) in [7, 11) is 0. The summed E-state index contributed by atoms with van der Waals surface area (Å²) in [5.74, 6) is -0.696. The van der Waals surface area contributed by atoms with Gasteiger partial charge in [0.2, 0.25) is 5.79 Å². The van der Waals surface area contributed by atoms with E-state index in [1.807, 2.05) is 79.7 Å². The average molecular weight is 641 g/mol. The Bertz CT molecular complexity index is 1630. The van der Waals surface area contributed by atoms with E-state index in [0.717, 1.165) is 33.6 Å². The second-order valence-corrected chi connectivity index (χ2v) is 13.2. The van der Waals surface area contributed by atoms with Crippen molar-refractivity contribution >= 4 is 11.6 Å². The van der Waals surface area contributed by atoms with Crippen LogP contribution in [0.15, 0.2) is 103 Å². The van der Waals surface area contributed by atoms with Crippen molar-refractivity contribution in [1.82, 2.24) is 0 Å². The lowest BCUT2D eigenvalue weighted by Gasteiger charge is -2.52. The summed E-state index contributed by atoms with van der Waals surface area (Å²) >= 11 is 6.82. The Morgan fingerprint density at radius 3 is 2.11 bits per heavy atom. The molecular formula is C39H41ClO6. The van der Waals surface area contributed by atoms with Crippen LogP contribution < -0.4 is 4.74 Å². The van der Waals surface area contributed by atoms with Crippen LogP contribution in [-0.2, 0) is 44.4 Å². The Kier molecular flexibility index (Phi) is 8.70. The molecule has 240 valence electrons. The molecule has 7 rings (SSSR count). The number of hydrogen-bond acceptors (Lipinski definition) is 6. The van der Waals surface area contributed by atoms with Gasteiger partial charge in [-0.15, -0.1) is 0 Å². The number of hydrogen-bond donors (Lipinski definition) is 1. The van der Waals surface area contributed by atoms with E-state index in [4.69, 9.17) is 35.3 Å². The number of ether oxygens (including phenoxy) is 5. The lowest BCUT2D eigenvalue weighted by Crippen LogP contribution is -2.66. The van der Waals surface area contributed by atoms with Crippen molar-refractivity contribution in [3.05, 3.63) is 136 Å². The molecule has 1 aliphatic carbocycles. The molecule has 0 amide bonds. The molecule has 1 N–H and O–H groups in total. The molecule has 2 saturated heterocycles. The molecule has 46 heavy (non-hydrogen) atoms. The summed E-state index contributed by atoms with van der Waals surface area (Å²) in [4.78, 5) is 0. The van der Waals surface area contributed by atoms with Crippen LogP contribution in [0.3, 0.4) is 0 Å². The molecule has 3 fully saturated rings. The summed E-state index contributed by atoms with van der Waals surface area (Å²) in [6.45, 7) is 5.67. The maximum Gasteiger partial charge on any atom is 0.225 e. The monoisotopic (exact) mass is 640 g/mol. The highest BCUT2D eigenvalue weighted by molar-refractivity contribution is 6.31. The number of aliphatic hydroxyl groups is 1. The minimum absolute atomic E-state index is 0.212. The van der Waals surface area contributed by atoms with Gasteiger partial charge in [-0.2, -0.15) is 0 Å². The molecule has 2 heterocycles. The molecule has 4 aromatic rings. The molecule has 4 aromatic carbocycles. The molecule has 2 bridgehead atoms. The predicted molar refractivity (Wildman–Crippen MR) is 177 cm³/mol. The highest BCUT2D eigenvalue weighted by Crippen LogP contribution is 2.62. The van der Waals surface area contributed by atoms with Crippen LogP contribution in [0.5, 0.6) is 5.75 Å². The molecule has 0 aromatic heterocycles. The zero-order valence-electron chi connectivity index (χ0n) is 26.4. The van der Waals surface area contributed by atoms with E-state index < -0.39 is 29.2 Å². The third-order valence-corrected chi connectivity index (χ3v) is 10.3. The van der Waals surface area contributed by atoms with Crippen LogP contribution >= 0.6 is 11.6 Å². The van der Waals surface area contributed by atoms with E-state index >= 15 is 0 Å². The van der Waals surface area contributed by atoms with E-state index in [-0.39, 0.29) is 12.5 Å². The first kappa shape index (κ1) is 31.4. The molecule has 0 radical (unpaired) electrons. The fraction of sp³-hybridized carbons (Fsp3) is 0.385. The SMILES string of the molecule is CCOc1ccc(Cc2cc([C@]34OC[C@](C5(O)CC5)(O3)[C@@H](C)[C@H](OCc3ccccc3)[C@H]4OCc3ccccc3)ccc2Cl)cc1. The highest BCUT2D eigenvalue weighted by Gasteiger charge is 2.75. The third kappa shape index (κ3) is 5.76. The summed E-state index contributed by atoms with van der Waals surface area (Å²) in [5.41, 5.74) is 2.99. The molecule has 0 unspecified atom stereocenters. The van der Waals surface area contributed by atoms with Gasteiger partial charge in [0.25, 0.3) is 0 Å². The van der Waals surface area contributed by atoms with Crippen molar-refractivity contribution in [2.24, 2.45) is 5.92 Å². The minimum Gasteiger partial charge on any atom is -0.494 e. The number of benzene rings is 4. The van der Waals surface area contributed by atoms with Crippen molar-refractivity contribution < 1.29 is 28.8 Å². The average Bonchev–Trinajstić information content (AvgIpc) is 3.73. The van der Waals surface area contributed by atoms with E-state index in [2.05, 4.69) is 37.3 Å². The molecule has 0 spiro atoms. The molecule has 5 atom stereocenters. The van der Waals surface area contributed by atoms with Crippen molar-refractivity contribution in [2.75, 3.05) is 13.2 Å². The van der Waals surface area contributed by atoms with E-state index in [0.29, 0.717) is 44.1 Å². The zero-order chi connectivity index (χ0) is 31.8. The van der Waals surface area contributed by atoms with Crippen molar-refractivity contribution in [3.63, 3.8) is 0 Å². The molecule has 3 aliphatic rings. The van der Waals surface area contributed by atoms with Gasteiger partial charge in [0.05, 0.1) is 38.1 Å². The van der Waals surface area contributed by atoms with Crippen LogP contribution in [0.2, 0.25) is 5.02 Å². The number of halogens is 1. The lowest BCUT2D eigenvalue weighted by atomic mass is 9.73. The van der Waals surface area contributed by atoms with Gasteiger partial charge in [0, 0.05) is 16.5 Å². The Labute approximate surface area is 276 Å². The van der Waals surface area contributed by atoms with Gasteiger partial charge in [-0.25, -0.2) is 0 Å². The van der Waals surface area contributed by atoms with E-state index in [1.165, 1.54) is 0 Å². The second kappa shape index (κ2) is 12.8. The Morgan fingerprint density at radius 2 is 1.48 bits per heavy atom. The Balaban J connectivity index is 1.28. The standard InChI is InChI=1S/C39H41ClO6/c1-3-42-33-17-14-28(15-18-33)22-31-23-32(16-19-34(31)40)39-36(44-25-30-12-8-5-9-13-30)35(43-24-29-10-6-4-7-11-29)27(2)38(46-39,26-45-39)37(41)20-21-37/h4-19,23,27,35-36,41H,3,20-22,24-26H2,1-2H3/t27-,35-,36+,38-,39-/m0/s1. The molecular weight excluding hydrogens is 600 g/mol. The first-order chi connectivity index (χ1) is 22.4. The van der Waals surface area contributed by atoms with Gasteiger partial charge in [0.1, 0.15) is 17.5 Å². The molecule has 2 aliphatic heterocycles. The Hall–Kier alpha value is -3.23. The lowest BCUT2D eigenvalue weighted by molar-refractivity contribution is -0.347. The summed E-state index contributed by atoms with van der Waals surface area (Å²) in [6.07, 6.45) is 0.853. The van der Waals surface area contributed by atoms with Gasteiger partial charge in [0.15, 0.2) is 0 Å². The Morgan fingerprint density at radius 1 is 0.826 bits per heavy atom. The smallest absolute Gasteiger partial charge is 0.225 e. The molecule has 1 saturated carbocycles. The molecule has 7 heteroatoms. The number of rotatable bonds is 12. The van der Waals surface area contributed by atoms with Crippen LogP contribution in [0, 0.1) is 5.92 Å². The number of fused-ring (bicyclic) bond motifs is 2. The topological polar surface area (TPSA) is 66.4 Å². The quantitative estimate of drug-likeness (QED) is 0.172. The van der Waals surface area contributed by atoms with Crippen molar-refractivity contribution in [3.8, 4) is 5.75 Å². The van der Waals surface area contributed by atoms with Gasteiger partial charge in [-0.1, -0.05) is 97.4 Å². The van der Waals surface area contributed by atoms with Crippen LogP contribution in [0.4, 0.5) is 0 Å². The zero-order valence-corrected chi connectivity index (χ0v) is 27.1. The molecule has 6 nitrogen and oxygen atoms in total. The first-order valence-corrected chi connectivity index (χ1v) is 16.6. The summed E-state index contributed by atoms with van der Waals surface area (Å²) in [6, 6.07) is 34.2. The summed E-state index contributed by atoms with van der Waals surface area (Å²) in [5, 5.41) is 12.4. The van der Waals surface area contributed by atoms with E-state index in [9.17, 15) is 5.11 Å². The van der Waals surface area contributed by atoms with Gasteiger partial charge >= 0.3 is 0 Å². The van der Waals surface area contributed by atoms with Crippen molar-refractivity contribution in [1.29, 1.82) is 0 Å². The normalized spacial score (nSPS) is 27.8. The van der Waals surface area contributed by atoms with Crippen molar-refractivity contribution in [2.45, 2.75) is 75.5 Å². The second-order valence-electron chi connectivity index (χ2n) is 12.8. The predicted octanol–water partition coefficient (Wildman–Crippen LogP) is 7.61. The maximum atomic E-state index is 11.8. The first-order valence-electron chi connectivity index (χ1n) is 16.2. The van der Waals surface area contributed by atoms with Crippen LogP contribution in [-0.4, -0.2) is 41.7 Å². The third-order valence-electron chi connectivity index (χ3n) is 9.88. The van der Waals surface area contributed by atoms with E-state index in [1.54, 1.807) is 0 Å². The van der Waals surface area contributed by atoms with Crippen LogP contribution in [0.1, 0.15) is 54.5 Å². The van der Waals surface area contributed by atoms with Crippen LogP contribution in [0.25, 0.3) is 0 Å². The largest absolute Gasteiger partial charge is 0.494 e.